The van der Waals surface area contributed by atoms with Crippen molar-refractivity contribution in [3.63, 3.8) is 0 Å². The van der Waals surface area contributed by atoms with Crippen molar-refractivity contribution in [1.29, 1.82) is 0 Å². The van der Waals surface area contributed by atoms with Gasteiger partial charge in [-0.2, -0.15) is 0 Å². The minimum Gasteiger partial charge on any atom is -0.497 e. The number of nitrogens with one attached hydrogen (secondary N) is 2. The summed E-state index contributed by atoms with van der Waals surface area (Å²) in [6.07, 6.45) is 0. The van der Waals surface area contributed by atoms with Crippen LogP contribution in [0.4, 0.5) is 5.69 Å². The number of furan rings is 1. The molecule has 3 aromatic rings. The Morgan fingerprint density at radius 2 is 1.76 bits per heavy atom. The van der Waals surface area contributed by atoms with E-state index in [1.54, 1.807) is 7.11 Å². The third-order valence-electron chi connectivity index (χ3n) is 3.56. The fourth-order valence-corrected chi connectivity index (χ4v) is 2.58. The molecule has 6 heteroatoms. The van der Waals surface area contributed by atoms with Crippen LogP contribution in [0, 0.1) is 0 Å². The Hall–Kier alpha value is -2.50. The molecule has 0 unspecified atom stereocenters. The van der Waals surface area contributed by atoms with E-state index < -0.39 is 0 Å². The van der Waals surface area contributed by atoms with Gasteiger partial charge in [0.1, 0.15) is 17.3 Å². The summed E-state index contributed by atoms with van der Waals surface area (Å²) in [6, 6.07) is 18.9. The minimum atomic E-state index is 0.496. The van der Waals surface area contributed by atoms with Crippen molar-refractivity contribution in [3.8, 4) is 17.1 Å². The molecule has 1 aromatic heterocycles. The molecule has 1 heterocycles. The van der Waals surface area contributed by atoms with Gasteiger partial charge in [-0.3, -0.25) is 0 Å². The van der Waals surface area contributed by atoms with E-state index in [2.05, 4.69) is 10.6 Å². The quantitative estimate of drug-likeness (QED) is 0.610. The van der Waals surface area contributed by atoms with Crippen molar-refractivity contribution in [2.75, 3.05) is 12.4 Å². The molecular formula is C19H17ClN2O2S. The molecule has 0 saturated heterocycles. The lowest BCUT2D eigenvalue weighted by Gasteiger charge is -2.10. The van der Waals surface area contributed by atoms with E-state index in [0.717, 1.165) is 28.5 Å². The first-order chi connectivity index (χ1) is 12.1. The number of halogens is 1. The Labute approximate surface area is 156 Å². The first-order valence-electron chi connectivity index (χ1n) is 7.67. The Bertz CT molecular complexity index is 845. The number of thiocarbonyl (C=S) groups is 1. The first kappa shape index (κ1) is 17.3. The molecule has 4 nitrogen and oxygen atoms in total. The summed E-state index contributed by atoms with van der Waals surface area (Å²) < 4.78 is 11.0. The highest BCUT2D eigenvalue weighted by atomic mass is 35.5. The van der Waals surface area contributed by atoms with Crippen molar-refractivity contribution in [2.45, 2.75) is 6.54 Å². The lowest BCUT2D eigenvalue weighted by Crippen LogP contribution is -2.27. The molecule has 0 aliphatic heterocycles. The fourth-order valence-electron chi connectivity index (χ4n) is 2.26. The predicted molar refractivity (Wildman–Crippen MR) is 105 cm³/mol. The number of ether oxygens (including phenoxy) is 1. The van der Waals surface area contributed by atoms with Crippen LogP contribution < -0.4 is 15.4 Å². The smallest absolute Gasteiger partial charge is 0.171 e. The van der Waals surface area contributed by atoms with Crippen LogP contribution in [0.15, 0.2) is 65.1 Å². The number of hydrogen-bond acceptors (Lipinski definition) is 3. The monoisotopic (exact) mass is 372 g/mol. The van der Waals surface area contributed by atoms with Crippen LogP contribution in [0.2, 0.25) is 5.02 Å². The Balaban J connectivity index is 1.54. The van der Waals surface area contributed by atoms with E-state index in [1.165, 1.54) is 0 Å². The Morgan fingerprint density at radius 1 is 1.04 bits per heavy atom. The highest BCUT2D eigenvalue weighted by molar-refractivity contribution is 7.80. The van der Waals surface area contributed by atoms with Crippen LogP contribution in [0.5, 0.6) is 5.75 Å². The van der Waals surface area contributed by atoms with Gasteiger partial charge in [0, 0.05) is 16.3 Å². The number of anilines is 1. The number of hydrogen-bond donors (Lipinski definition) is 2. The molecule has 0 bridgehead atoms. The van der Waals surface area contributed by atoms with E-state index in [-0.39, 0.29) is 0 Å². The van der Waals surface area contributed by atoms with Gasteiger partial charge < -0.3 is 19.8 Å². The van der Waals surface area contributed by atoms with E-state index in [9.17, 15) is 0 Å². The predicted octanol–water partition coefficient (Wildman–Crippen LogP) is 5.10. The molecule has 128 valence electrons. The molecule has 0 spiro atoms. The maximum Gasteiger partial charge on any atom is 0.171 e. The molecular weight excluding hydrogens is 356 g/mol. The fraction of sp³-hybridized carbons (Fsp3) is 0.105. The van der Waals surface area contributed by atoms with Crippen molar-refractivity contribution in [2.24, 2.45) is 0 Å². The molecule has 0 radical (unpaired) electrons. The third-order valence-corrected chi connectivity index (χ3v) is 4.06. The Kier molecular flexibility index (Phi) is 5.58. The van der Waals surface area contributed by atoms with Crippen LogP contribution in [0.1, 0.15) is 5.76 Å². The van der Waals surface area contributed by atoms with E-state index >= 15 is 0 Å². The van der Waals surface area contributed by atoms with Crippen molar-refractivity contribution < 1.29 is 9.15 Å². The van der Waals surface area contributed by atoms with E-state index in [4.69, 9.17) is 33.0 Å². The zero-order valence-electron chi connectivity index (χ0n) is 13.6. The molecule has 0 amide bonds. The second-order valence-corrected chi connectivity index (χ2v) is 6.15. The van der Waals surface area contributed by atoms with Gasteiger partial charge in [-0.25, -0.2) is 0 Å². The van der Waals surface area contributed by atoms with Gasteiger partial charge in [-0.15, -0.1) is 0 Å². The van der Waals surface area contributed by atoms with Gasteiger partial charge >= 0.3 is 0 Å². The first-order valence-corrected chi connectivity index (χ1v) is 8.46. The minimum absolute atomic E-state index is 0.496. The molecule has 3 rings (SSSR count). The van der Waals surface area contributed by atoms with Crippen molar-refractivity contribution in [3.05, 3.63) is 71.4 Å². The topological polar surface area (TPSA) is 46.4 Å². The van der Waals surface area contributed by atoms with Crippen LogP contribution >= 0.6 is 23.8 Å². The zero-order valence-corrected chi connectivity index (χ0v) is 15.2. The molecule has 2 N–H and O–H groups in total. The summed E-state index contributed by atoms with van der Waals surface area (Å²) in [7, 11) is 1.64. The van der Waals surface area contributed by atoms with Gasteiger partial charge in [-0.1, -0.05) is 11.6 Å². The summed E-state index contributed by atoms with van der Waals surface area (Å²) in [5.41, 5.74) is 1.87. The number of methoxy groups -OCH3 is 1. The lowest BCUT2D eigenvalue weighted by molar-refractivity contribution is 0.415. The number of benzene rings is 2. The number of rotatable bonds is 5. The normalized spacial score (nSPS) is 10.3. The SMILES string of the molecule is COc1ccc(NC(=S)NCc2ccc(-c3ccc(Cl)cc3)o2)cc1. The molecule has 0 atom stereocenters. The Morgan fingerprint density at radius 3 is 2.44 bits per heavy atom. The average Bonchev–Trinajstić information content (AvgIpc) is 3.10. The van der Waals surface area contributed by atoms with Gasteiger partial charge in [0.05, 0.1) is 13.7 Å². The molecule has 0 aliphatic carbocycles. The summed E-state index contributed by atoms with van der Waals surface area (Å²) >= 11 is 11.2. The maximum absolute atomic E-state index is 5.90. The highest BCUT2D eigenvalue weighted by Crippen LogP contribution is 2.23. The highest BCUT2D eigenvalue weighted by Gasteiger charge is 2.06. The molecule has 2 aromatic carbocycles. The summed E-state index contributed by atoms with van der Waals surface area (Å²) in [4.78, 5) is 0. The van der Waals surface area contributed by atoms with Crippen molar-refractivity contribution in [1.82, 2.24) is 5.32 Å². The average molecular weight is 373 g/mol. The van der Waals surface area contributed by atoms with Gasteiger partial charge in [0.15, 0.2) is 5.11 Å². The van der Waals surface area contributed by atoms with E-state index in [0.29, 0.717) is 16.7 Å². The largest absolute Gasteiger partial charge is 0.497 e. The molecule has 0 saturated carbocycles. The van der Waals surface area contributed by atoms with E-state index in [1.807, 2.05) is 60.7 Å². The van der Waals surface area contributed by atoms with Crippen LogP contribution in [0.25, 0.3) is 11.3 Å². The van der Waals surface area contributed by atoms with Crippen molar-refractivity contribution >= 4 is 34.6 Å². The van der Waals surface area contributed by atoms with Gasteiger partial charge in [-0.05, 0) is 72.9 Å². The molecule has 0 aliphatic rings. The zero-order chi connectivity index (χ0) is 17.6. The lowest BCUT2D eigenvalue weighted by atomic mass is 10.2. The van der Waals surface area contributed by atoms with Crippen LogP contribution in [-0.4, -0.2) is 12.2 Å². The summed E-state index contributed by atoms with van der Waals surface area (Å²) in [5, 5.41) is 7.46. The molecule has 25 heavy (non-hydrogen) atoms. The second-order valence-electron chi connectivity index (χ2n) is 5.31. The maximum atomic E-state index is 5.90. The van der Waals surface area contributed by atoms with Gasteiger partial charge in [0.25, 0.3) is 0 Å². The second kappa shape index (κ2) is 8.05. The van der Waals surface area contributed by atoms with Gasteiger partial charge in [0.2, 0.25) is 0 Å². The standard InChI is InChI=1S/C19H17ClN2O2S/c1-23-16-8-6-15(7-9-16)22-19(25)21-12-17-10-11-18(24-17)13-2-4-14(20)5-3-13/h2-11H,12H2,1H3,(H2,21,22,25). The third kappa shape index (κ3) is 4.75. The summed E-state index contributed by atoms with van der Waals surface area (Å²) in [6.45, 7) is 0.496. The van der Waals surface area contributed by atoms with Crippen LogP contribution in [0.3, 0.4) is 0 Å². The summed E-state index contributed by atoms with van der Waals surface area (Å²) in [5.74, 6) is 2.39. The van der Waals surface area contributed by atoms with Crippen LogP contribution in [-0.2, 0) is 6.54 Å². The molecule has 0 fully saturated rings.